The van der Waals surface area contributed by atoms with E-state index in [0.29, 0.717) is 18.7 Å². The number of thiophene rings is 1. The van der Waals surface area contributed by atoms with E-state index in [-0.39, 0.29) is 16.2 Å². The highest BCUT2D eigenvalue weighted by Crippen LogP contribution is 2.41. The fourth-order valence-electron chi connectivity index (χ4n) is 3.47. The van der Waals surface area contributed by atoms with Crippen molar-refractivity contribution in [1.29, 1.82) is 0 Å². The van der Waals surface area contributed by atoms with Gasteiger partial charge < -0.3 is 5.32 Å². The van der Waals surface area contributed by atoms with Crippen LogP contribution in [0.25, 0.3) is 0 Å². The van der Waals surface area contributed by atoms with Crippen LogP contribution >= 0.6 is 11.3 Å². The van der Waals surface area contributed by atoms with Crippen molar-refractivity contribution in [3.05, 3.63) is 46.7 Å². The molecule has 1 amide bonds. The standard InChI is InChI=1S/C19H24N2O3S2/c1-2-18(22)21-16-5-7-17(8-6-16)26(23,24)20-14-19(10-3-4-11-19)15-9-12-25-13-15/h5-9,12-13,20H,2-4,10-11,14H2,1H3,(H,21,22). The Bertz CT molecular complexity index is 837. The van der Waals surface area contributed by atoms with Crippen LogP contribution in [0.5, 0.6) is 0 Å². The van der Waals surface area contributed by atoms with Gasteiger partial charge in [0.2, 0.25) is 15.9 Å². The van der Waals surface area contributed by atoms with Crippen LogP contribution < -0.4 is 10.0 Å². The number of carbonyl (C=O) groups is 1. The minimum Gasteiger partial charge on any atom is -0.326 e. The maximum atomic E-state index is 12.7. The first kappa shape index (κ1) is 19.1. The number of anilines is 1. The number of nitrogens with one attached hydrogen (secondary N) is 2. The minimum absolute atomic E-state index is 0.0951. The number of carbonyl (C=O) groups excluding carboxylic acids is 1. The minimum atomic E-state index is -3.59. The van der Waals surface area contributed by atoms with Gasteiger partial charge in [-0.3, -0.25) is 4.79 Å². The fourth-order valence-corrected chi connectivity index (χ4v) is 5.38. The van der Waals surface area contributed by atoms with Gasteiger partial charge in [0.05, 0.1) is 4.90 Å². The topological polar surface area (TPSA) is 75.3 Å². The summed E-state index contributed by atoms with van der Waals surface area (Å²) in [6, 6.07) is 8.40. The Morgan fingerprint density at radius 1 is 1.15 bits per heavy atom. The van der Waals surface area contributed by atoms with Gasteiger partial charge in [-0.25, -0.2) is 13.1 Å². The molecule has 1 heterocycles. The molecule has 1 fully saturated rings. The largest absolute Gasteiger partial charge is 0.326 e. The highest BCUT2D eigenvalue weighted by Gasteiger charge is 2.37. The van der Waals surface area contributed by atoms with Gasteiger partial charge in [-0.2, -0.15) is 11.3 Å². The summed E-state index contributed by atoms with van der Waals surface area (Å²) in [4.78, 5) is 11.6. The van der Waals surface area contributed by atoms with Gasteiger partial charge in [0.15, 0.2) is 0 Å². The van der Waals surface area contributed by atoms with Crippen LogP contribution in [0, 0.1) is 0 Å². The third-order valence-corrected chi connectivity index (χ3v) is 7.16. The molecule has 7 heteroatoms. The molecule has 2 aromatic rings. The van der Waals surface area contributed by atoms with Crippen molar-refractivity contribution in [2.45, 2.75) is 49.3 Å². The van der Waals surface area contributed by atoms with E-state index in [1.165, 1.54) is 17.7 Å². The molecule has 140 valence electrons. The van der Waals surface area contributed by atoms with E-state index in [1.807, 2.05) is 5.38 Å². The maximum Gasteiger partial charge on any atom is 0.240 e. The number of amides is 1. The lowest BCUT2D eigenvalue weighted by molar-refractivity contribution is -0.115. The maximum absolute atomic E-state index is 12.7. The molecule has 5 nitrogen and oxygen atoms in total. The molecule has 3 rings (SSSR count). The summed E-state index contributed by atoms with van der Waals surface area (Å²) in [7, 11) is -3.59. The Hall–Kier alpha value is -1.70. The summed E-state index contributed by atoms with van der Waals surface area (Å²) >= 11 is 1.65. The highest BCUT2D eigenvalue weighted by atomic mass is 32.2. The summed E-state index contributed by atoms with van der Waals surface area (Å²) in [6.07, 6.45) is 4.65. The molecule has 1 aromatic heterocycles. The molecule has 0 spiro atoms. The smallest absolute Gasteiger partial charge is 0.240 e. The molecule has 1 aromatic carbocycles. The first-order valence-electron chi connectivity index (χ1n) is 8.87. The summed E-state index contributed by atoms with van der Waals surface area (Å²) in [5.41, 5.74) is 1.74. The Labute approximate surface area is 158 Å². The number of benzene rings is 1. The molecule has 0 bridgehead atoms. The summed E-state index contributed by atoms with van der Waals surface area (Å²) < 4.78 is 28.2. The zero-order chi connectivity index (χ0) is 18.6. The Kier molecular flexibility index (Phi) is 5.79. The number of rotatable bonds is 7. The molecule has 2 N–H and O–H groups in total. The van der Waals surface area contributed by atoms with Crippen LogP contribution in [0.3, 0.4) is 0 Å². The van der Waals surface area contributed by atoms with E-state index in [1.54, 1.807) is 30.4 Å². The molecular formula is C19H24N2O3S2. The number of hydrogen-bond donors (Lipinski definition) is 2. The van der Waals surface area contributed by atoms with Gasteiger partial charge in [-0.15, -0.1) is 0 Å². The first-order valence-corrected chi connectivity index (χ1v) is 11.3. The summed E-state index contributed by atoms with van der Waals surface area (Å²) in [5.74, 6) is -0.0994. The van der Waals surface area contributed by atoms with E-state index in [0.717, 1.165) is 25.7 Å². The average molecular weight is 393 g/mol. The average Bonchev–Trinajstić information content (AvgIpc) is 3.33. The third kappa shape index (κ3) is 4.16. The van der Waals surface area contributed by atoms with Crippen LogP contribution in [0.2, 0.25) is 0 Å². The molecule has 26 heavy (non-hydrogen) atoms. The van der Waals surface area contributed by atoms with Gasteiger partial charge >= 0.3 is 0 Å². The van der Waals surface area contributed by atoms with Crippen molar-refractivity contribution in [3.63, 3.8) is 0 Å². The van der Waals surface area contributed by atoms with Crippen molar-refractivity contribution >= 4 is 33.0 Å². The van der Waals surface area contributed by atoms with Gasteiger partial charge in [-0.1, -0.05) is 19.8 Å². The number of hydrogen-bond acceptors (Lipinski definition) is 4. The lowest BCUT2D eigenvalue weighted by Gasteiger charge is -2.28. The van der Waals surface area contributed by atoms with Gasteiger partial charge in [-0.05, 0) is 59.5 Å². The Morgan fingerprint density at radius 2 is 1.85 bits per heavy atom. The van der Waals surface area contributed by atoms with Crippen LogP contribution in [-0.2, 0) is 20.2 Å². The molecule has 0 saturated heterocycles. The lowest BCUT2D eigenvalue weighted by atomic mass is 9.81. The second kappa shape index (κ2) is 7.90. The van der Waals surface area contributed by atoms with E-state index >= 15 is 0 Å². The predicted molar refractivity (Wildman–Crippen MR) is 105 cm³/mol. The molecule has 1 aliphatic rings. The number of sulfonamides is 1. The quantitative estimate of drug-likeness (QED) is 0.751. The van der Waals surface area contributed by atoms with E-state index < -0.39 is 10.0 Å². The van der Waals surface area contributed by atoms with Gasteiger partial charge in [0.25, 0.3) is 0 Å². The van der Waals surface area contributed by atoms with Crippen molar-refractivity contribution in [1.82, 2.24) is 4.72 Å². The van der Waals surface area contributed by atoms with E-state index in [9.17, 15) is 13.2 Å². The SMILES string of the molecule is CCC(=O)Nc1ccc(S(=O)(=O)NCC2(c3ccsc3)CCCC2)cc1. The first-order chi connectivity index (χ1) is 12.5. The van der Waals surface area contributed by atoms with E-state index in [2.05, 4.69) is 21.5 Å². The zero-order valence-corrected chi connectivity index (χ0v) is 16.5. The normalized spacial score (nSPS) is 16.5. The monoisotopic (exact) mass is 392 g/mol. The molecule has 1 aliphatic carbocycles. The Balaban J connectivity index is 1.71. The van der Waals surface area contributed by atoms with Gasteiger partial charge in [0, 0.05) is 24.1 Å². The lowest BCUT2D eigenvalue weighted by Crippen LogP contribution is -2.38. The zero-order valence-electron chi connectivity index (χ0n) is 14.8. The molecule has 0 atom stereocenters. The van der Waals surface area contributed by atoms with Crippen LogP contribution in [0.15, 0.2) is 46.0 Å². The molecule has 0 radical (unpaired) electrons. The van der Waals surface area contributed by atoms with Crippen molar-refractivity contribution in [2.75, 3.05) is 11.9 Å². The fraction of sp³-hybridized carbons (Fsp3) is 0.421. The van der Waals surface area contributed by atoms with Crippen molar-refractivity contribution < 1.29 is 13.2 Å². The second-order valence-electron chi connectivity index (χ2n) is 6.75. The highest BCUT2D eigenvalue weighted by molar-refractivity contribution is 7.89. The van der Waals surface area contributed by atoms with Crippen LogP contribution in [0.4, 0.5) is 5.69 Å². The summed E-state index contributed by atoms with van der Waals surface area (Å²) in [5, 5.41) is 6.90. The summed E-state index contributed by atoms with van der Waals surface area (Å²) in [6.45, 7) is 2.19. The third-order valence-electron chi connectivity index (χ3n) is 5.06. The predicted octanol–water partition coefficient (Wildman–Crippen LogP) is 3.89. The van der Waals surface area contributed by atoms with Crippen LogP contribution in [0.1, 0.15) is 44.6 Å². The molecule has 0 unspecified atom stereocenters. The Morgan fingerprint density at radius 3 is 2.42 bits per heavy atom. The van der Waals surface area contributed by atoms with Crippen molar-refractivity contribution in [3.8, 4) is 0 Å². The molecular weight excluding hydrogens is 368 g/mol. The second-order valence-corrected chi connectivity index (χ2v) is 9.30. The van der Waals surface area contributed by atoms with E-state index in [4.69, 9.17) is 0 Å². The molecule has 0 aliphatic heterocycles. The van der Waals surface area contributed by atoms with Crippen LogP contribution in [-0.4, -0.2) is 20.9 Å². The van der Waals surface area contributed by atoms with Gasteiger partial charge in [0.1, 0.15) is 0 Å². The van der Waals surface area contributed by atoms with Crippen molar-refractivity contribution in [2.24, 2.45) is 0 Å². The molecule has 1 saturated carbocycles.